The fraction of sp³-hybridized carbons (Fsp3) is 0.312. The van der Waals surface area contributed by atoms with Gasteiger partial charge in [-0.3, -0.25) is 33.6 Å². The minimum absolute atomic E-state index is 0.0400. The molecule has 0 unspecified atom stereocenters. The van der Waals surface area contributed by atoms with Crippen molar-refractivity contribution < 1.29 is 33.6 Å². The van der Waals surface area contributed by atoms with Crippen LogP contribution in [0.15, 0.2) is 134 Å². The van der Waals surface area contributed by atoms with Gasteiger partial charge >= 0.3 is 0 Å². The fourth-order valence-corrected chi connectivity index (χ4v) is 6.27. The molecule has 14 nitrogen and oxygen atoms in total. The van der Waals surface area contributed by atoms with Crippen LogP contribution in [0.25, 0.3) is 0 Å². The zero-order chi connectivity index (χ0) is 44.4. The van der Waals surface area contributed by atoms with E-state index in [0.717, 1.165) is 37.0 Å². The third-order valence-electron chi connectivity index (χ3n) is 9.67. The van der Waals surface area contributed by atoms with Crippen LogP contribution in [0.4, 0.5) is 0 Å². The molecule has 4 rings (SSSR count). The van der Waals surface area contributed by atoms with E-state index in [-0.39, 0.29) is 32.6 Å². The molecule has 4 aromatic carbocycles. The molecule has 62 heavy (non-hydrogen) atoms. The molecule has 0 heterocycles. The molecular weight excluding hydrogens is 787 g/mol. The number of rotatable bonds is 26. The van der Waals surface area contributed by atoms with E-state index in [2.05, 4.69) is 27.8 Å². The van der Waals surface area contributed by atoms with Crippen LogP contribution in [-0.2, 0) is 59.5 Å². The second-order valence-corrected chi connectivity index (χ2v) is 14.6. The first-order valence-corrected chi connectivity index (χ1v) is 20.8. The summed E-state index contributed by atoms with van der Waals surface area (Å²) in [5.74, 6) is -4.17. The van der Waals surface area contributed by atoms with Crippen molar-refractivity contribution in [2.75, 3.05) is 52.4 Å². The van der Waals surface area contributed by atoms with Gasteiger partial charge in [-0.15, -0.1) is 6.58 Å². The largest absolute Gasteiger partial charge is 0.354 e. The first kappa shape index (κ1) is 47.6. The van der Waals surface area contributed by atoms with Gasteiger partial charge in [-0.1, -0.05) is 127 Å². The highest BCUT2D eigenvalue weighted by molar-refractivity contribution is 5.94. The Morgan fingerprint density at radius 2 is 0.742 bits per heavy atom. The molecular formula is C48H57N7O7. The standard InChI is InChI=1S/C48H57N7O7/c1-2-3-8-25-46(60)55(36-47(61)53(34-44(58)51-30-40-21-13-6-14-22-40)32-42(56)49-28-26-38-17-9-4-10-18-38)37-48(62)54(35-45(59)52-31-41-23-15-7-16-24-41)33-43(57)50-29-27-39-19-11-5-12-20-39/h2,4-7,9-24H,1,3,8,25-37H2,(H,49,56)(H,50,57)(H,51,58)(H,52,59). The number of nitrogens with one attached hydrogen (secondary N) is 4. The summed E-state index contributed by atoms with van der Waals surface area (Å²) in [4.78, 5) is 97.9. The number of benzene rings is 4. The van der Waals surface area contributed by atoms with Crippen molar-refractivity contribution in [1.82, 2.24) is 36.0 Å². The van der Waals surface area contributed by atoms with E-state index in [4.69, 9.17) is 0 Å². The van der Waals surface area contributed by atoms with Gasteiger partial charge in [-0.25, -0.2) is 0 Å². The maximum atomic E-state index is 14.1. The zero-order valence-electron chi connectivity index (χ0n) is 35.1. The van der Waals surface area contributed by atoms with Gasteiger partial charge in [0, 0.05) is 32.6 Å². The lowest BCUT2D eigenvalue weighted by molar-refractivity contribution is -0.148. The van der Waals surface area contributed by atoms with Gasteiger partial charge in [0.1, 0.15) is 39.3 Å². The summed E-state index contributed by atoms with van der Waals surface area (Å²) < 4.78 is 0. The number of hydrogen-bond acceptors (Lipinski definition) is 7. The fourth-order valence-electron chi connectivity index (χ4n) is 6.27. The van der Waals surface area contributed by atoms with Crippen LogP contribution in [-0.4, -0.2) is 108 Å². The Morgan fingerprint density at radius 1 is 0.419 bits per heavy atom. The molecule has 0 saturated carbocycles. The molecule has 0 aliphatic carbocycles. The number of allylic oxidation sites excluding steroid dienone is 1. The highest BCUT2D eigenvalue weighted by Gasteiger charge is 2.29. The van der Waals surface area contributed by atoms with E-state index < -0.39 is 80.6 Å². The molecule has 0 aliphatic heterocycles. The topological polar surface area (TPSA) is 177 Å². The predicted molar refractivity (Wildman–Crippen MR) is 237 cm³/mol. The number of nitrogens with zero attached hydrogens (tertiary/aromatic N) is 3. The van der Waals surface area contributed by atoms with Crippen LogP contribution in [0, 0.1) is 0 Å². The van der Waals surface area contributed by atoms with Gasteiger partial charge < -0.3 is 36.0 Å². The van der Waals surface area contributed by atoms with Crippen LogP contribution in [0.5, 0.6) is 0 Å². The Bertz CT molecular complexity index is 1920. The third kappa shape index (κ3) is 18.4. The molecule has 0 aliphatic rings. The van der Waals surface area contributed by atoms with E-state index in [0.29, 0.717) is 25.7 Å². The van der Waals surface area contributed by atoms with Gasteiger partial charge in [-0.05, 0) is 47.9 Å². The van der Waals surface area contributed by atoms with E-state index in [1.54, 1.807) is 6.08 Å². The number of carbonyl (C=O) groups excluding carboxylic acids is 7. The number of unbranched alkanes of at least 4 members (excludes halogenated alkanes) is 1. The molecule has 0 saturated heterocycles. The molecule has 0 bridgehead atoms. The Balaban J connectivity index is 1.50. The summed E-state index contributed by atoms with van der Waals surface area (Å²) in [5.41, 5.74) is 3.66. The SMILES string of the molecule is C=CCCCC(=O)N(CC(=O)N(CC(=O)NCCc1ccccc1)CC(=O)NCc1ccccc1)CC(=O)N(CC(=O)NCCc1ccccc1)CC(=O)NCc1ccccc1. The number of hydrogen-bond donors (Lipinski definition) is 4. The summed E-state index contributed by atoms with van der Waals surface area (Å²) in [6.45, 7) is 1.34. The van der Waals surface area contributed by atoms with E-state index in [1.807, 2.05) is 121 Å². The first-order valence-electron chi connectivity index (χ1n) is 20.8. The summed E-state index contributed by atoms with van der Waals surface area (Å²) in [6, 6.07) is 37.4. The molecule has 7 amide bonds. The van der Waals surface area contributed by atoms with Gasteiger partial charge in [0.2, 0.25) is 41.4 Å². The highest BCUT2D eigenvalue weighted by atomic mass is 16.2. The van der Waals surface area contributed by atoms with Crippen molar-refractivity contribution in [1.29, 1.82) is 0 Å². The van der Waals surface area contributed by atoms with Crippen molar-refractivity contribution in [2.24, 2.45) is 0 Å². The van der Waals surface area contributed by atoms with Gasteiger partial charge in [0.25, 0.3) is 0 Å². The van der Waals surface area contributed by atoms with Crippen molar-refractivity contribution in [2.45, 2.75) is 45.2 Å². The lowest BCUT2D eigenvalue weighted by Crippen LogP contribution is -2.53. The van der Waals surface area contributed by atoms with Crippen LogP contribution >= 0.6 is 0 Å². The average Bonchev–Trinajstić information content (AvgIpc) is 3.28. The smallest absolute Gasteiger partial charge is 0.243 e. The monoisotopic (exact) mass is 843 g/mol. The van der Waals surface area contributed by atoms with E-state index in [9.17, 15) is 33.6 Å². The quantitative estimate of drug-likeness (QED) is 0.0555. The van der Waals surface area contributed by atoms with Gasteiger partial charge in [0.15, 0.2) is 0 Å². The summed E-state index contributed by atoms with van der Waals surface area (Å²) in [5, 5.41) is 11.1. The minimum Gasteiger partial charge on any atom is -0.354 e. The summed E-state index contributed by atoms with van der Waals surface area (Å²) in [7, 11) is 0. The maximum Gasteiger partial charge on any atom is 0.243 e. The van der Waals surface area contributed by atoms with Crippen LogP contribution in [0.3, 0.4) is 0 Å². The Labute approximate surface area is 363 Å². The second kappa shape index (κ2) is 26.9. The van der Waals surface area contributed by atoms with Gasteiger partial charge in [0.05, 0.1) is 0 Å². The number of carbonyl (C=O) groups is 7. The van der Waals surface area contributed by atoms with E-state index >= 15 is 0 Å². The van der Waals surface area contributed by atoms with Crippen molar-refractivity contribution in [3.63, 3.8) is 0 Å². The minimum atomic E-state index is -0.756. The molecule has 0 radical (unpaired) electrons. The Morgan fingerprint density at radius 3 is 1.10 bits per heavy atom. The summed E-state index contributed by atoms with van der Waals surface area (Å²) in [6.07, 6.45) is 3.56. The average molecular weight is 844 g/mol. The predicted octanol–water partition coefficient (Wildman–Crippen LogP) is 3.18. The molecule has 0 fully saturated rings. The molecule has 4 N–H and O–H groups in total. The van der Waals surface area contributed by atoms with Crippen molar-refractivity contribution in [3.05, 3.63) is 156 Å². The highest BCUT2D eigenvalue weighted by Crippen LogP contribution is 2.07. The van der Waals surface area contributed by atoms with Crippen molar-refractivity contribution in [3.8, 4) is 0 Å². The molecule has 326 valence electrons. The first-order chi connectivity index (χ1) is 30.1. The second-order valence-electron chi connectivity index (χ2n) is 14.6. The number of amides is 7. The third-order valence-corrected chi connectivity index (χ3v) is 9.67. The Kier molecular flexibility index (Phi) is 20.6. The maximum absolute atomic E-state index is 14.1. The molecule has 4 aromatic rings. The summed E-state index contributed by atoms with van der Waals surface area (Å²) >= 11 is 0. The van der Waals surface area contributed by atoms with Crippen molar-refractivity contribution >= 4 is 41.4 Å². The zero-order valence-corrected chi connectivity index (χ0v) is 35.1. The molecule has 0 atom stereocenters. The van der Waals surface area contributed by atoms with Crippen LogP contribution < -0.4 is 21.3 Å². The van der Waals surface area contributed by atoms with Crippen LogP contribution in [0.2, 0.25) is 0 Å². The molecule has 0 aromatic heterocycles. The van der Waals surface area contributed by atoms with Crippen LogP contribution in [0.1, 0.15) is 41.5 Å². The normalized spacial score (nSPS) is 10.5. The van der Waals surface area contributed by atoms with E-state index in [1.165, 1.54) is 0 Å². The Hall–Kier alpha value is -7.09. The molecule has 0 spiro atoms. The van der Waals surface area contributed by atoms with Gasteiger partial charge in [-0.2, -0.15) is 0 Å². The lowest BCUT2D eigenvalue weighted by Gasteiger charge is -2.29. The lowest BCUT2D eigenvalue weighted by atomic mass is 10.1. The molecule has 14 heteroatoms.